The summed E-state index contributed by atoms with van der Waals surface area (Å²) >= 11 is 0. The molecule has 4 rings (SSSR count). The van der Waals surface area contributed by atoms with Crippen LogP contribution < -0.4 is 5.32 Å². The highest BCUT2D eigenvalue weighted by Gasteiger charge is 2.42. The molecule has 0 aromatic heterocycles. The van der Waals surface area contributed by atoms with E-state index in [9.17, 15) is 0 Å². The number of aliphatic imine (C=N–C) groups is 1. The fourth-order valence-corrected chi connectivity index (χ4v) is 4.24. The Labute approximate surface area is 173 Å². The van der Waals surface area contributed by atoms with Gasteiger partial charge in [0.1, 0.15) is 0 Å². The Bertz CT molecular complexity index is 765. The van der Waals surface area contributed by atoms with E-state index < -0.39 is 0 Å². The Morgan fingerprint density at radius 1 is 1.19 bits per heavy atom. The highest BCUT2D eigenvalue weighted by molar-refractivity contribution is 14.0. The van der Waals surface area contributed by atoms with E-state index in [2.05, 4.69) is 57.7 Å². The molecule has 2 aliphatic heterocycles. The van der Waals surface area contributed by atoms with Crippen LogP contribution in [-0.4, -0.2) is 50.8 Å². The summed E-state index contributed by atoms with van der Waals surface area (Å²) in [6, 6.07) is 15.2. The molecule has 2 aromatic rings. The van der Waals surface area contributed by atoms with Crippen molar-refractivity contribution < 1.29 is 4.74 Å². The molecule has 26 heavy (non-hydrogen) atoms. The third-order valence-electron chi connectivity index (χ3n) is 5.69. The van der Waals surface area contributed by atoms with E-state index in [4.69, 9.17) is 4.74 Å². The molecule has 1 unspecified atom stereocenters. The van der Waals surface area contributed by atoms with Gasteiger partial charge in [-0.25, -0.2) is 0 Å². The summed E-state index contributed by atoms with van der Waals surface area (Å²) in [5.74, 6) is 1.03. The van der Waals surface area contributed by atoms with Crippen LogP contribution in [0.2, 0.25) is 0 Å². The fraction of sp³-hybridized carbons (Fsp3) is 0.476. The first-order chi connectivity index (χ1) is 12.3. The summed E-state index contributed by atoms with van der Waals surface area (Å²) in [5.41, 5.74) is 1.76. The van der Waals surface area contributed by atoms with Crippen molar-refractivity contribution in [2.45, 2.75) is 19.3 Å². The maximum absolute atomic E-state index is 5.64. The number of hydrogen-bond acceptors (Lipinski definition) is 2. The number of rotatable bonds is 3. The van der Waals surface area contributed by atoms with Gasteiger partial charge in [0, 0.05) is 38.7 Å². The van der Waals surface area contributed by atoms with Gasteiger partial charge in [0.05, 0.1) is 6.61 Å². The van der Waals surface area contributed by atoms with E-state index >= 15 is 0 Å². The van der Waals surface area contributed by atoms with Crippen molar-refractivity contribution in [1.29, 1.82) is 0 Å². The molecule has 0 aliphatic carbocycles. The Morgan fingerprint density at radius 2 is 2.04 bits per heavy atom. The predicted molar refractivity (Wildman–Crippen MR) is 118 cm³/mol. The predicted octanol–water partition coefficient (Wildman–Crippen LogP) is 3.69. The Hall–Kier alpha value is -1.34. The van der Waals surface area contributed by atoms with Crippen molar-refractivity contribution in [3.8, 4) is 0 Å². The average molecular weight is 465 g/mol. The van der Waals surface area contributed by atoms with Gasteiger partial charge in [-0.3, -0.25) is 4.99 Å². The van der Waals surface area contributed by atoms with Gasteiger partial charge in [0.15, 0.2) is 5.96 Å². The van der Waals surface area contributed by atoms with Crippen LogP contribution in [-0.2, 0) is 11.2 Å². The van der Waals surface area contributed by atoms with Crippen molar-refractivity contribution in [2.75, 3.05) is 39.9 Å². The largest absolute Gasteiger partial charge is 0.381 e. The molecule has 5 heteroatoms. The van der Waals surface area contributed by atoms with Crippen LogP contribution in [0, 0.1) is 5.41 Å². The number of fused-ring (bicyclic) bond motifs is 1. The number of halogens is 1. The van der Waals surface area contributed by atoms with Gasteiger partial charge in [-0.2, -0.15) is 0 Å². The zero-order valence-electron chi connectivity index (χ0n) is 15.4. The van der Waals surface area contributed by atoms with Crippen molar-refractivity contribution in [3.63, 3.8) is 0 Å². The zero-order chi connectivity index (χ0) is 17.1. The Balaban J connectivity index is 0.00000196. The van der Waals surface area contributed by atoms with Crippen molar-refractivity contribution in [3.05, 3.63) is 48.0 Å². The van der Waals surface area contributed by atoms with Crippen LogP contribution in [0.15, 0.2) is 47.5 Å². The number of likely N-dealkylation sites (tertiary alicyclic amines) is 1. The van der Waals surface area contributed by atoms with Crippen LogP contribution in [0.5, 0.6) is 0 Å². The molecule has 1 spiro atoms. The summed E-state index contributed by atoms with van der Waals surface area (Å²) in [6.07, 6.45) is 3.41. The lowest BCUT2D eigenvalue weighted by atomic mass is 9.87. The molecule has 140 valence electrons. The third-order valence-corrected chi connectivity index (χ3v) is 5.69. The molecule has 0 saturated carbocycles. The number of nitrogens with one attached hydrogen (secondary N) is 1. The molecule has 4 nitrogen and oxygen atoms in total. The van der Waals surface area contributed by atoms with E-state index in [0.717, 1.165) is 45.2 Å². The molecule has 2 aliphatic rings. The highest BCUT2D eigenvalue weighted by Crippen LogP contribution is 2.38. The summed E-state index contributed by atoms with van der Waals surface area (Å²) in [6.45, 7) is 4.89. The summed E-state index contributed by atoms with van der Waals surface area (Å²) in [4.78, 5) is 6.91. The van der Waals surface area contributed by atoms with E-state index in [-0.39, 0.29) is 24.0 Å². The van der Waals surface area contributed by atoms with Gasteiger partial charge in [0.25, 0.3) is 0 Å². The van der Waals surface area contributed by atoms with E-state index in [1.165, 1.54) is 29.2 Å². The molecule has 2 fully saturated rings. The van der Waals surface area contributed by atoms with E-state index in [1.807, 2.05) is 7.05 Å². The monoisotopic (exact) mass is 465 g/mol. The maximum Gasteiger partial charge on any atom is 0.193 e. The van der Waals surface area contributed by atoms with Crippen LogP contribution >= 0.6 is 24.0 Å². The van der Waals surface area contributed by atoms with Gasteiger partial charge in [-0.15, -0.1) is 24.0 Å². The number of ether oxygens (including phenoxy) is 1. The van der Waals surface area contributed by atoms with Crippen molar-refractivity contribution in [1.82, 2.24) is 10.2 Å². The second-order valence-electron chi connectivity index (χ2n) is 7.34. The molecular formula is C21H28IN3O. The van der Waals surface area contributed by atoms with Crippen LogP contribution in [0.25, 0.3) is 10.8 Å². The topological polar surface area (TPSA) is 36.9 Å². The smallest absolute Gasteiger partial charge is 0.193 e. The molecule has 2 heterocycles. The minimum atomic E-state index is 0. The SMILES string of the molecule is CN=C(NCCc1cccc2ccccc12)N1CCC2(CCOC2)C1.I. The first-order valence-electron chi connectivity index (χ1n) is 9.30. The van der Waals surface area contributed by atoms with Gasteiger partial charge in [-0.1, -0.05) is 42.5 Å². The lowest BCUT2D eigenvalue weighted by Gasteiger charge is -2.25. The lowest BCUT2D eigenvalue weighted by Crippen LogP contribution is -2.42. The van der Waals surface area contributed by atoms with Gasteiger partial charge < -0.3 is 15.0 Å². The average Bonchev–Trinajstić information content (AvgIpc) is 3.29. The number of guanidine groups is 1. The first kappa shape index (κ1) is 19.4. The third kappa shape index (κ3) is 3.98. The van der Waals surface area contributed by atoms with Crippen LogP contribution in [0.3, 0.4) is 0 Å². The van der Waals surface area contributed by atoms with E-state index in [1.54, 1.807) is 0 Å². The summed E-state index contributed by atoms with van der Waals surface area (Å²) in [5, 5.41) is 6.23. The van der Waals surface area contributed by atoms with Crippen molar-refractivity contribution >= 4 is 40.7 Å². The van der Waals surface area contributed by atoms with Crippen LogP contribution in [0.4, 0.5) is 0 Å². The Morgan fingerprint density at radius 3 is 2.85 bits per heavy atom. The summed E-state index contributed by atoms with van der Waals surface area (Å²) in [7, 11) is 1.89. The summed E-state index contributed by atoms with van der Waals surface area (Å²) < 4.78 is 5.64. The quantitative estimate of drug-likeness (QED) is 0.427. The second-order valence-corrected chi connectivity index (χ2v) is 7.34. The molecule has 1 N–H and O–H groups in total. The first-order valence-corrected chi connectivity index (χ1v) is 9.30. The zero-order valence-corrected chi connectivity index (χ0v) is 17.7. The van der Waals surface area contributed by atoms with Gasteiger partial charge in [-0.05, 0) is 35.6 Å². The minimum Gasteiger partial charge on any atom is -0.381 e. The number of nitrogens with zero attached hydrogens (tertiary/aromatic N) is 2. The highest BCUT2D eigenvalue weighted by atomic mass is 127. The minimum absolute atomic E-state index is 0. The standard InChI is InChI=1S/C21H27N3O.HI/c1-22-20(24-13-10-21(15-24)11-14-25-16-21)23-12-9-18-7-4-6-17-5-2-3-8-19(17)18;/h2-8H,9-16H2,1H3,(H,22,23);1H. The molecule has 0 amide bonds. The number of hydrogen-bond donors (Lipinski definition) is 1. The molecule has 2 saturated heterocycles. The maximum atomic E-state index is 5.64. The van der Waals surface area contributed by atoms with Gasteiger partial charge in [0.2, 0.25) is 0 Å². The Kier molecular flexibility index (Phi) is 6.40. The second kappa shape index (κ2) is 8.57. The van der Waals surface area contributed by atoms with Crippen molar-refractivity contribution in [2.24, 2.45) is 10.4 Å². The molecule has 0 bridgehead atoms. The number of benzene rings is 2. The molecule has 2 aromatic carbocycles. The van der Waals surface area contributed by atoms with Gasteiger partial charge >= 0.3 is 0 Å². The molecule has 1 atom stereocenters. The van der Waals surface area contributed by atoms with E-state index in [0.29, 0.717) is 5.41 Å². The van der Waals surface area contributed by atoms with Crippen LogP contribution in [0.1, 0.15) is 18.4 Å². The lowest BCUT2D eigenvalue weighted by molar-refractivity contribution is 0.156. The molecular weight excluding hydrogens is 437 g/mol. The molecule has 0 radical (unpaired) electrons. The fourth-order valence-electron chi connectivity index (χ4n) is 4.24. The normalized spacial score (nSPS) is 22.8.